The predicted molar refractivity (Wildman–Crippen MR) is 82.1 cm³/mol. The van der Waals surface area contributed by atoms with Crippen LogP contribution in [-0.2, 0) is 4.74 Å². The Labute approximate surface area is 127 Å². The molecule has 21 heavy (non-hydrogen) atoms. The Morgan fingerprint density at radius 2 is 2.05 bits per heavy atom. The van der Waals surface area contributed by atoms with Crippen molar-refractivity contribution in [2.24, 2.45) is 0 Å². The molecule has 0 amide bonds. The Bertz CT molecular complexity index is 547. The van der Waals surface area contributed by atoms with Crippen molar-refractivity contribution in [1.29, 1.82) is 0 Å². The Morgan fingerprint density at radius 3 is 2.57 bits per heavy atom. The number of thiophene rings is 1. The summed E-state index contributed by atoms with van der Waals surface area (Å²) in [6, 6.07) is 0. The molecule has 2 rings (SSSR count). The standard InChI is InChI=1S/C14H20N2O4S/c1-3-20-14(19)10-11(15)12(8(2)17)21-13(10)16-6-4-9(18)5-7-16/h9,18H,3-7,15H2,1-2H3. The van der Waals surface area contributed by atoms with E-state index in [0.717, 1.165) is 0 Å². The zero-order chi connectivity index (χ0) is 15.6. The van der Waals surface area contributed by atoms with Crippen molar-refractivity contribution in [3.63, 3.8) is 0 Å². The van der Waals surface area contributed by atoms with Crippen molar-refractivity contribution < 1.29 is 19.4 Å². The van der Waals surface area contributed by atoms with Crippen molar-refractivity contribution >= 4 is 33.8 Å². The van der Waals surface area contributed by atoms with Gasteiger partial charge in [-0.05, 0) is 19.8 Å². The second kappa shape index (κ2) is 6.44. The summed E-state index contributed by atoms with van der Waals surface area (Å²) in [6.07, 6.45) is 0.960. The van der Waals surface area contributed by atoms with Gasteiger partial charge in [-0.15, -0.1) is 11.3 Å². The summed E-state index contributed by atoms with van der Waals surface area (Å²) in [5, 5.41) is 10.3. The number of carbonyl (C=O) groups is 2. The Kier molecular flexibility index (Phi) is 4.84. The first-order valence-corrected chi connectivity index (χ1v) is 7.80. The quantitative estimate of drug-likeness (QED) is 0.649. The molecule has 6 nitrogen and oxygen atoms in total. The number of esters is 1. The molecule has 0 saturated carbocycles. The van der Waals surface area contributed by atoms with E-state index in [2.05, 4.69) is 0 Å². The molecule has 0 aromatic carbocycles. The fraction of sp³-hybridized carbons (Fsp3) is 0.571. The highest BCUT2D eigenvalue weighted by Crippen LogP contribution is 2.40. The van der Waals surface area contributed by atoms with E-state index in [-0.39, 0.29) is 29.7 Å². The number of hydrogen-bond acceptors (Lipinski definition) is 7. The van der Waals surface area contributed by atoms with Gasteiger partial charge in [0.25, 0.3) is 0 Å². The number of nitrogens with zero attached hydrogens (tertiary/aromatic N) is 1. The van der Waals surface area contributed by atoms with Crippen LogP contribution in [0.3, 0.4) is 0 Å². The van der Waals surface area contributed by atoms with Gasteiger partial charge in [-0.1, -0.05) is 0 Å². The lowest BCUT2D eigenvalue weighted by molar-refractivity contribution is 0.0528. The molecule has 2 heterocycles. The number of aliphatic hydroxyl groups excluding tert-OH is 1. The molecule has 7 heteroatoms. The van der Waals surface area contributed by atoms with Gasteiger partial charge in [0.1, 0.15) is 10.6 Å². The van der Waals surface area contributed by atoms with Crippen molar-refractivity contribution in [2.45, 2.75) is 32.8 Å². The van der Waals surface area contributed by atoms with Gasteiger partial charge in [0.2, 0.25) is 0 Å². The van der Waals surface area contributed by atoms with Crippen molar-refractivity contribution in [2.75, 3.05) is 30.3 Å². The largest absolute Gasteiger partial charge is 0.462 e. The number of ketones is 1. The van der Waals surface area contributed by atoms with E-state index in [1.165, 1.54) is 18.3 Å². The Balaban J connectivity index is 2.40. The smallest absolute Gasteiger partial charge is 0.343 e. The van der Waals surface area contributed by atoms with Crippen LogP contribution in [0.4, 0.5) is 10.7 Å². The molecule has 1 aromatic rings. The molecule has 116 valence electrons. The maximum absolute atomic E-state index is 12.1. The first-order chi connectivity index (χ1) is 9.95. The zero-order valence-corrected chi connectivity index (χ0v) is 13.0. The van der Waals surface area contributed by atoms with E-state index >= 15 is 0 Å². The van der Waals surface area contributed by atoms with Gasteiger partial charge in [0, 0.05) is 20.0 Å². The van der Waals surface area contributed by atoms with Crippen molar-refractivity contribution in [3.05, 3.63) is 10.4 Å². The lowest BCUT2D eigenvalue weighted by Gasteiger charge is -2.30. The maximum atomic E-state index is 12.1. The molecule has 0 bridgehead atoms. The minimum absolute atomic E-state index is 0.161. The van der Waals surface area contributed by atoms with Gasteiger partial charge in [-0.2, -0.15) is 0 Å². The van der Waals surface area contributed by atoms with E-state index < -0.39 is 5.97 Å². The highest BCUT2D eigenvalue weighted by atomic mass is 32.1. The molecule has 1 saturated heterocycles. The van der Waals surface area contributed by atoms with Crippen LogP contribution in [0.5, 0.6) is 0 Å². The predicted octanol–water partition coefficient (Wildman–Crippen LogP) is 1.67. The molecule has 1 aliphatic heterocycles. The molecule has 0 spiro atoms. The molecule has 0 aliphatic carbocycles. The normalized spacial score (nSPS) is 16.0. The third-order valence-corrected chi connectivity index (χ3v) is 4.84. The monoisotopic (exact) mass is 312 g/mol. The first-order valence-electron chi connectivity index (χ1n) is 6.99. The number of aliphatic hydroxyl groups is 1. The van der Waals surface area contributed by atoms with Crippen LogP contribution in [-0.4, -0.2) is 42.7 Å². The second-order valence-electron chi connectivity index (χ2n) is 5.02. The lowest BCUT2D eigenvalue weighted by atomic mass is 10.1. The average molecular weight is 312 g/mol. The number of Topliss-reactive ketones (excluding diaryl/α,β-unsaturated/α-hetero) is 1. The number of hydrogen-bond donors (Lipinski definition) is 2. The number of carbonyl (C=O) groups excluding carboxylic acids is 2. The topological polar surface area (TPSA) is 92.9 Å². The van der Waals surface area contributed by atoms with Crippen LogP contribution >= 0.6 is 11.3 Å². The summed E-state index contributed by atoms with van der Waals surface area (Å²) in [4.78, 5) is 26.2. The fourth-order valence-electron chi connectivity index (χ4n) is 2.39. The lowest BCUT2D eigenvalue weighted by Crippen LogP contribution is -2.36. The summed E-state index contributed by atoms with van der Waals surface area (Å²) in [5.41, 5.74) is 6.46. The minimum Gasteiger partial charge on any atom is -0.462 e. The SMILES string of the molecule is CCOC(=O)c1c(N2CCC(O)CC2)sc(C(C)=O)c1N. The van der Waals surface area contributed by atoms with Crippen LogP contribution in [0, 0.1) is 0 Å². The molecule has 1 aliphatic rings. The molecule has 3 N–H and O–H groups in total. The van der Waals surface area contributed by atoms with Crippen LogP contribution in [0.2, 0.25) is 0 Å². The highest BCUT2D eigenvalue weighted by Gasteiger charge is 2.29. The van der Waals surface area contributed by atoms with Gasteiger partial charge >= 0.3 is 5.97 Å². The van der Waals surface area contributed by atoms with E-state index in [0.29, 0.717) is 35.8 Å². The number of nitrogen functional groups attached to an aromatic ring is 1. The average Bonchev–Trinajstić information content (AvgIpc) is 2.77. The molecule has 0 radical (unpaired) electrons. The second-order valence-corrected chi connectivity index (χ2v) is 6.02. The van der Waals surface area contributed by atoms with Crippen molar-refractivity contribution in [1.82, 2.24) is 0 Å². The van der Waals surface area contributed by atoms with E-state index in [9.17, 15) is 14.7 Å². The third-order valence-electron chi connectivity index (χ3n) is 3.48. The summed E-state index contributed by atoms with van der Waals surface area (Å²) < 4.78 is 5.05. The van der Waals surface area contributed by atoms with Crippen LogP contribution in [0.1, 0.15) is 46.7 Å². The summed E-state index contributed by atoms with van der Waals surface area (Å²) in [5.74, 6) is -0.661. The highest BCUT2D eigenvalue weighted by molar-refractivity contribution is 7.19. The molecule has 1 aromatic heterocycles. The van der Waals surface area contributed by atoms with Crippen LogP contribution in [0.25, 0.3) is 0 Å². The van der Waals surface area contributed by atoms with Gasteiger partial charge in [0.05, 0.1) is 23.3 Å². The maximum Gasteiger partial charge on any atom is 0.343 e. The van der Waals surface area contributed by atoms with Gasteiger partial charge in [0.15, 0.2) is 5.78 Å². The third kappa shape index (κ3) is 3.19. The Morgan fingerprint density at radius 1 is 1.43 bits per heavy atom. The zero-order valence-electron chi connectivity index (χ0n) is 12.2. The van der Waals surface area contributed by atoms with E-state index in [4.69, 9.17) is 10.5 Å². The molecular weight excluding hydrogens is 292 g/mol. The summed E-state index contributed by atoms with van der Waals surface area (Å²) in [6.45, 7) is 4.67. The van der Waals surface area contributed by atoms with Gasteiger partial charge in [-0.3, -0.25) is 4.79 Å². The fourth-order valence-corrected chi connectivity index (χ4v) is 3.54. The number of rotatable bonds is 4. The minimum atomic E-state index is -0.500. The number of nitrogens with two attached hydrogens (primary N) is 1. The van der Waals surface area contributed by atoms with E-state index in [1.807, 2.05) is 4.90 Å². The number of piperidine rings is 1. The summed E-state index contributed by atoms with van der Waals surface area (Å²) >= 11 is 1.23. The number of ether oxygens (including phenoxy) is 1. The number of anilines is 2. The molecule has 0 unspecified atom stereocenters. The molecular formula is C14H20N2O4S. The van der Waals surface area contributed by atoms with Crippen LogP contribution < -0.4 is 10.6 Å². The summed E-state index contributed by atoms with van der Waals surface area (Å²) in [7, 11) is 0. The molecule has 0 atom stereocenters. The van der Waals surface area contributed by atoms with Crippen LogP contribution in [0.15, 0.2) is 0 Å². The first kappa shape index (κ1) is 15.8. The molecule has 1 fully saturated rings. The van der Waals surface area contributed by atoms with Gasteiger partial charge in [-0.25, -0.2) is 4.79 Å². The van der Waals surface area contributed by atoms with E-state index in [1.54, 1.807) is 6.92 Å². The van der Waals surface area contributed by atoms with Gasteiger partial charge < -0.3 is 20.5 Å². The Hall–Kier alpha value is -1.60. The van der Waals surface area contributed by atoms with Crippen molar-refractivity contribution in [3.8, 4) is 0 Å².